The van der Waals surface area contributed by atoms with Crippen LogP contribution in [-0.2, 0) is 4.79 Å². The smallest absolute Gasteiger partial charge is 0.247 e. The first-order chi connectivity index (χ1) is 7.58. The van der Waals surface area contributed by atoms with Crippen molar-refractivity contribution in [2.24, 2.45) is 0 Å². The number of carbonyl (C=O) groups excluding carboxylic acids is 2. The summed E-state index contributed by atoms with van der Waals surface area (Å²) in [6.07, 6.45) is 1.37. The first-order valence-electron chi connectivity index (χ1n) is 4.84. The maximum Gasteiger partial charge on any atom is 0.247 e. The molecule has 0 radical (unpaired) electrons. The number of rotatable bonds is 4. The molecule has 0 unspecified atom stereocenters. The second-order valence-electron chi connectivity index (χ2n) is 3.16. The molecule has 0 aliphatic rings. The van der Waals surface area contributed by atoms with Crippen LogP contribution < -0.4 is 5.32 Å². The van der Waals surface area contributed by atoms with Gasteiger partial charge in [0.2, 0.25) is 5.91 Å². The summed E-state index contributed by atoms with van der Waals surface area (Å²) >= 11 is 0. The van der Waals surface area contributed by atoms with Crippen LogP contribution in [0.3, 0.4) is 0 Å². The first kappa shape index (κ1) is 12.1. The summed E-state index contributed by atoms with van der Waals surface area (Å²) in [4.78, 5) is 22.4. The minimum absolute atomic E-state index is 0.01000. The van der Waals surface area contributed by atoms with Gasteiger partial charge in [-0.05, 0) is 24.3 Å². The first-order valence-corrected chi connectivity index (χ1v) is 4.84. The van der Waals surface area contributed by atoms with Crippen LogP contribution in [0.2, 0.25) is 0 Å². The molecule has 1 aromatic carbocycles. The van der Waals surface area contributed by atoms with Crippen molar-refractivity contribution in [3.8, 4) is 0 Å². The molecule has 0 heterocycles. The molecule has 0 aliphatic heterocycles. The Kier molecular flexibility index (Phi) is 3.94. The Labute approximate surface area is 93.0 Å². The standard InChI is InChI=1S/C12H12FNO2/c1-3-11(15)8-5-6-9(13)10(7-8)14-12(16)4-2/h4-7H,2-3H2,1H3,(H,14,16). The van der Waals surface area contributed by atoms with Gasteiger partial charge >= 0.3 is 0 Å². The van der Waals surface area contributed by atoms with E-state index in [1.165, 1.54) is 12.1 Å². The maximum absolute atomic E-state index is 13.3. The Morgan fingerprint density at radius 3 is 2.75 bits per heavy atom. The number of halogens is 1. The molecule has 16 heavy (non-hydrogen) atoms. The van der Waals surface area contributed by atoms with E-state index in [9.17, 15) is 14.0 Å². The minimum Gasteiger partial charge on any atom is -0.320 e. The van der Waals surface area contributed by atoms with Crippen molar-refractivity contribution >= 4 is 17.4 Å². The topological polar surface area (TPSA) is 46.2 Å². The van der Waals surface area contributed by atoms with Crippen LogP contribution in [0, 0.1) is 5.82 Å². The van der Waals surface area contributed by atoms with Gasteiger partial charge in [0.05, 0.1) is 5.69 Å². The van der Waals surface area contributed by atoms with Gasteiger partial charge in [-0.3, -0.25) is 9.59 Å². The zero-order chi connectivity index (χ0) is 12.1. The van der Waals surface area contributed by atoms with Crippen LogP contribution in [-0.4, -0.2) is 11.7 Å². The summed E-state index contributed by atoms with van der Waals surface area (Å²) in [5.41, 5.74) is 0.368. The lowest BCUT2D eigenvalue weighted by molar-refractivity contribution is -0.111. The van der Waals surface area contributed by atoms with Crippen molar-refractivity contribution in [1.82, 2.24) is 0 Å². The number of hydrogen-bond donors (Lipinski definition) is 1. The second kappa shape index (κ2) is 5.21. The number of Topliss-reactive ketones (excluding diaryl/α,β-unsaturated/α-hetero) is 1. The Balaban J connectivity index is 3.03. The fraction of sp³-hybridized carbons (Fsp3) is 0.167. The summed E-state index contributed by atoms with van der Waals surface area (Å²) < 4.78 is 13.3. The van der Waals surface area contributed by atoms with Crippen LogP contribution in [0.25, 0.3) is 0 Å². The summed E-state index contributed by atoms with van der Waals surface area (Å²) in [6.45, 7) is 4.97. The number of anilines is 1. The van der Waals surface area contributed by atoms with E-state index in [0.29, 0.717) is 12.0 Å². The average Bonchev–Trinajstić information content (AvgIpc) is 2.30. The second-order valence-corrected chi connectivity index (χ2v) is 3.16. The number of carbonyl (C=O) groups is 2. The molecule has 4 heteroatoms. The van der Waals surface area contributed by atoms with E-state index in [0.717, 1.165) is 12.1 Å². The van der Waals surface area contributed by atoms with Gasteiger partial charge in [0, 0.05) is 12.0 Å². The highest BCUT2D eigenvalue weighted by Crippen LogP contribution is 2.17. The lowest BCUT2D eigenvalue weighted by atomic mass is 10.1. The molecule has 0 atom stereocenters. The molecule has 0 aromatic heterocycles. The van der Waals surface area contributed by atoms with Crippen LogP contribution >= 0.6 is 0 Å². The van der Waals surface area contributed by atoms with Gasteiger partial charge in [-0.1, -0.05) is 13.5 Å². The van der Waals surface area contributed by atoms with Crippen LogP contribution in [0.5, 0.6) is 0 Å². The van der Waals surface area contributed by atoms with Gasteiger partial charge < -0.3 is 5.32 Å². The molecule has 0 fully saturated rings. The summed E-state index contributed by atoms with van der Waals surface area (Å²) in [6, 6.07) is 3.87. The molecule has 1 rings (SSSR count). The third-order valence-electron chi connectivity index (χ3n) is 2.05. The van der Waals surface area contributed by atoms with Crippen LogP contribution in [0.15, 0.2) is 30.9 Å². The van der Waals surface area contributed by atoms with E-state index >= 15 is 0 Å². The molecule has 1 N–H and O–H groups in total. The van der Waals surface area contributed by atoms with Crippen molar-refractivity contribution in [3.63, 3.8) is 0 Å². The monoisotopic (exact) mass is 221 g/mol. The highest BCUT2D eigenvalue weighted by Gasteiger charge is 2.09. The maximum atomic E-state index is 13.3. The van der Waals surface area contributed by atoms with E-state index in [1.54, 1.807) is 6.92 Å². The van der Waals surface area contributed by atoms with E-state index in [4.69, 9.17) is 0 Å². The van der Waals surface area contributed by atoms with Crippen molar-refractivity contribution in [1.29, 1.82) is 0 Å². The van der Waals surface area contributed by atoms with Crippen molar-refractivity contribution in [3.05, 3.63) is 42.2 Å². The molecular formula is C12H12FNO2. The predicted molar refractivity (Wildman–Crippen MR) is 59.8 cm³/mol. The van der Waals surface area contributed by atoms with Gasteiger partial charge in [-0.2, -0.15) is 0 Å². The van der Waals surface area contributed by atoms with E-state index in [1.807, 2.05) is 0 Å². The lowest BCUT2D eigenvalue weighted by Gasteiger charge is -2.05. The number of benzene rings is 1. The molecular weight excluding hydrogens is 209 g/mol. The van der Waals surface area contributed by atoms with E-state index in [2.05, 4.69) is 11.9 Å². The van der Waals surface area contributed by atoms with Gasteiger partial charge in [0.25, 0.3) is 0 Å². The Morgan fingerprint density at radius 1 is 1.50 bits per heavy atom. The van der Waals surface area contributed by atoms with Gasteiger partial charge in [-0.15, -0.1) is 0 Å². The Bertz CT molecular complexity index is 441. The van der Waals surface area contributed by atoms with E-state index in [-0.39, 0.29) is 11.5 Å². The summed E-state index contributed by atoms with van der Waals surface area (Å²) in [5.74, 6) is -1.20. The molecule has 1 aromatic rings. The fourth-order valence-corrected chi connectivity index (χ4v) is 1.18. The molecule has 0 bridgehead atoms. The Morgan fingerprint density at radius 2 is 2.19 bits per heavy atom. The molecule has 3 nitrogen and oxygen atoms in total. The van der Waals surface area contributed by atoms with Gasteiger partial charge in [0.1, 0.15) is 5.82 Å². The van der Waals surface area contributed by atoms with E-state index < -0.39 is 11.7 Å². The van der Waals surface area contributed by atoms with Crippen LogP contribution in [0.4, 0.5) is 10.1 Å². The van der Waals surface area contributed by atoms with Gasteiger partial charge in [-0.25, -0.2) is 4.39 Å². The quantitative estimate of drug-likeness (QED) is 0.627. The van der Waals surface area contributed by atoms with Crippen LogP contribution in [0.1, 0.15) is 23.7 Å². The van der Waals surface area contributed by atoms with Gasteiger partial charge in [0.15, 0.2) is 5.78 Å². The third kappa shape index (κ3) is 2.76. The summed E-state index contributed by atoms with van der Waals surface area (Å²) in [5, 5.41) is 2.30. The lowest BCUT2D eigenvalue weighted by Crippen LogP contribution is -2.10. The molecule has 0 saturated carbocycles. The number of hydrogen-bond acceptors (Lipinski definition) is 2. The average molecular weight is 221 g/mol. The highest BCUT2D eigenvalue weighted by molar-refractivity contribution is 6.01. The number of nitrogens with one attached hydrogen (secondary N) is 1. The number of ketones is 1. The van der Waals surface area contributed by atoms with Crippen molar-refractivity contribution in [2.75, 3.05) is 5.32 Å². The zero-order valence-corrected chi connectivity index (χ0v) is 8.92. The minimum atomic E-state index is -0.581. The molecule has 0 spiro atoms. The normalized spacial score (nSPS) is 9.62. The molecule has 1 amide bonds. The summed E-state index contributed by atoms with van der Waals surface area (Å²) in [7, 11) is 0. The molecule has 0 aliphatic carbocycles. The molecule has 84 valence electrons. The fourth-order valence-electron chi connectivity index (χ4n) is 1.18. The largest absolute Gasteiger partial charge is 0.320 e. The van der Waals surface area contributed by atoms with Crippen molar-refractivity contribution < 1.29 is 14.0 Å². The number of amides is 1. The van der Waals surface area contributed by atoms with Crippen molar-refractivity contribution in [2.45, 2.75) is 13.3 Å². The highest BCUT2D eigenvalue weighted by atomic mass is 19.1. The Hall–Kier alpha value is -1.97. The third-order valence-corrected chi connectivity index (χ3v) is 2.05. The zero-order valence-electron chi connectivity index (χ0n) is 8.92. The predicted octanol–water partition coefficient (Wildman–Crippen LogP) is 2.54. The SMILES string of the molecule is C=CC(=O)Nc1cc(C(=O)CC)ccc1F. The molecule has 0 saturated heterocycles.